The fourth-order valence-corrected chi connectivity index (χ4v) is 4.19. The quantitative estimate of drug-likeness (QED) is 0.818. The minimum atomic E-state index is -0.827. The molecule has 1 unspecified atom stereocenters. The van der Waals surface area contributed by atoms with E-state index < -0.39 is 11.9 Å². The molecule has 0 spiro atoms. The van der Waals surface area contributed by atoms with E-state index in [0.717, 1.165) is 38.8 Å². The Hall–Kier alpha value is -1.79. The monoisotopic (exact) mass is 337 g/mol. The first-order valence-electron chi connectivity index (χ1n) is 9.03. The molecule has 3 amide bonds. The zero-order valence-electron chi connectivity index (χ0n) is 14.3. The second-order valence-electron chi connectivity index (χ2n) is 7.43. The van der Waals surface area contributed by atoms with E-state index in [1.54, 1.807) is 4.90 Å². The van der Waals surface area contributed by atoms with Crippen molar-refractivity contribution in [3.8, 4) is 0 Å². The highest BCUT2D eigenvalue weighted by Crippen LogP contribution is 2.27. The van der Waals surface area contributed by atoms with Crippen LogP contribution in [0.15, 0.2) is 0 Å². The first kappa shape index (κ1) is 17.0. The van der Waals surface area contributed by atoms with Crippen molar-refractivity contribution in [2.24, 2.45) is 17.8 Å². The molecule has 3 rings (SSSR count). The van der Waals surface area contributed by atoms with Gasteiger partial charge in [0, 0.05) is 39.3 Å². The number of hydrogen-bond donors (Lipinski definition) is 1. The van der Waals surface area contributed by atoms with E-state index >= 15 is 0 Å². The zero-order chi connectivity index (χ0) is 17.3. The number of nitrogens with zero attached hydrogens (tertiary/aromatic N) is 3. The van der Waals surface area contributed by atoms with Gasteiger partial charge in [0.15, 0.2) is 0 Å². The third-order valence-corrected chi connectivity index (χ3v) is 5.66. The molecule has 3 saturated heterocycles. The van der Waals surface area contributed by atoms with Crippen molar-refractivity contribution in [3.05, 3.63) is 0 Å². The Morgan fingerprint density at radius 1 is 0.875 bits per heavy atom. The van der Waals surface area contributed by atoms with E-state index in [-0.39, 0.29) is 23.8 Å². The predicted octanol–water partition coefficient (Wildman–Crippen LogP) is 1.09. The smallest absolute Gasteiger partial charge is 0.320 e. The number of likely N-dealkylation sites (tertiary alicyclic amines) is 3. The van der Waals surface area contributed by atoms with E-state index in [1.807, 2.05) is 16.7 Å². The highest BCUT2D eigenvalue weighted by atomic mass is 16.4. The number of hydrogen-bond acceptors (Lipinski definition) is 3. The fourth-order valence-electron chi connectivity index (χ4n) is 4.19. The normalized spacial score (nSPS) is 30.7. The summed E-state index contributed by atoms with van der Waals surface area (Å²) in [4.78, 5) is 41.9. The summed E-state index contributed by atoms with van der Waals surface area (Å²) in [6.07, 6.45) is 3.74. The van der Waals surface area contributed by atoms with Crippen LogP contribution in [0.2, 0.25) is 0 Å². The van der Waals surface area contributed by atoms with Gasteiger partial charge in [0.25, 0.3) is 0 Å². The van der Waals surface area contributed by atoms with Crippen LogP contribution < -0.4 is 0 Å². The van der Waals surface area contributed by atoms with E-state index in [4.69, 9.17) is 0 Å². The molecule has 3 atom stereocenters. The van der Waals surface area contributed by atoms with Crippen LogP contribution in [0.1, 0.15) is 32.6 Å². The third kappa shape index (κ3) is 3.35. The molecule has 0 aliphatic carbocycles. The second kappa shape index (κ2) is 6.99. The summed E-state index contributed by atoms with van der Waals surface area (Å²) in [6, 6.07) is 0.0585. The van der Waals surface area contributed by atoms with Gasteiger partial charge in [-0.15, -0.1) is 0 Å². The van der Waals surface area contributed by atoms with Crippen LogP contribution in [0.3, 0.4) is 0 Å². The third-order valence-electron chi connectivity index (χ3n) is 5.66. The number of piperidine rings is 1. The SMILES string of the molecule is C[C@@H]1CN(C(=O)C2CCCN(C(=O)N3CCCC3)C2)C[C@H]1C(=O)O. The largest absolute Gasteiger partial charge is 0.481 e. The van der Waals surface area contributed by atoms with Gasteiger partial charge in [0.2, 0.25) is 5.91 Å². The van der Waals surface area contributed by atoms with Crippen molar-refractivity contribution >= 4 is 17.9 Å². The molecule has 0 aromatic heterocycles. The van der Waals surface area contributed by atoms with E-state index in [9.17, 15) is 19.5 Å². The Morgan fingerprint density at radius 3 is 2.17 bits per heavy atom. The highest BCUT2D eigenvalue weighted by Gasteiger charge is 2.40. The number of carbonyl (C=O) groups excluding carboxylic acids is 2. The van der Waals surface area contributed by atoms with Gasteiger partial charge in [-0.2, -0.15) is 0 Å². The van der Waals surface area contributed by atoms with Crippen LogP contribution in [0.5, 0.6) is 0 Å². The summed E-state index contributed by atoms with van der Waals surface area (Å²) >= 11 is 0. The minimum Gasteiger partial charge on any atom is -0.481 e. The standard InChI is InChI=1S/C17H27N3O4/c1-12-9-20(11-14(12)16(22)23)15(21)13-5-4-8-19(10-13)17(24)18-6-2-3-7-18/h12-14H,2-11H2,1H3,(H,22,23)/t12-,13?,14-/m1/s1. The van der Waals surface area contributed by atoms with Gasteiger partial charge in [-0.25, -0.2) is 4.79 Å². The van der Waals surface area contributed by atoms with Gasteiger partial charge in [-0.1, -0.05) is 6.92 Å². The number of carboxylic acid groups (broad SMARTS) is 1. The molecular weight excluding hydrogens is 310 g/mol. The number of carboxylic acids is 1. The summed E-state index contributed by atoms with van der Waals surface area (Å²) in [6.45, 7) is 5.51. The first-order chi connectivity index (χ1) is 11.5. The van der Waals surface area contributed by atoms with Gasteiger partial charge >= 0.3 is 12.0 Å². The lowest BCUT2D eigenvalue weighted by molar-refractivity contribution is -0.142. The Morgan fingerprint density at radius 2 is 1.54 bits per heavy atom. The molecule has 1 N–H and O–H groups in total. The molecule has 3 aliphatic rings. The van der Waals surface area contributed by atoms with Crippen molar-refractivity contribution in [2.75, 3.05) is 39.3 Å². The predicted molar refractivity (Wildman–Crippen MR) is 87.4 cm³/mol. The van der Waals surface area contributed by atoms with Crippen LogP contribution in [0, 0.1) is 17.8 Å². The molecule has 0 aromatic rings. The number of urea groups is 1. The Balaban J connectivity index is 1.59. The first-order valence-corrected chi connectivity index (χ1v) is 9.03. The number of aliphatic carboxylic acids is 1. The second-order valence-corrected chi connectivity index (χ2v) is 7.43. The van der Waals surface area contributed by atoms with Crippen molar-refractivity contribution in [3.63, 3.8) is 0 Å². The number of carbonyl (C=O) groups is 3. The van der Waals surface area contributed by atoms with E-state index in [2.05, 4.69) is 0 Å². The van der Waals surface area contributed by atoms with Crippen molar-refractivity contribution < 1.29 is 19.5 Å². The van der Waals surface area contributed by atoms with E-state index in [0.29, 0.717) is 26.2 Å². The number of rotatable bonds is 2. The van der Waals surface area contributed by atoms with Crippen LogP contribution in [0.25, 0.3) is 0 Å². The van der Waals surface area contributed by atoms with Gasteiger partial charge in [-0.3, -0.25) is 9.59 Å². The highest BCUT2D eigenvalue weighted by molar-refractivity contribution is 5.82. The summed E-state index contributed by atoms with van der Waals surface area (Å²) in [5.41, 5.74) is 0. The number of amides is 3. The molecule has 0 radical (unpaired) electrons. The zero-order valence-corrected chi connectivity index (χ0v) is 14.3. The molecule has 3 aliphatic heterocycles. The van der Waals surface area contributed by atoms with Crippen molar-refractivity contribution in [2.45, 2.75) is 32.6 Å². The van der Waals surface area contributed by atoms with Crippen molar-refractivity contribution in [1.29, 1.82) is 0 Å². The van der Waals surface area contributed by atoms with Crippen LogP contribution in [0.4, 0.5) is 4.79 Å². The molecule has 3 heterocycles. The fraction of sp³-hybridized carbons (Fsp3) is 0.824. The van der Waals surface area contributed by atoms with Gasteiger partial charge < -0.3 is 19.8 Å². The molecule has 3 fully saturated rings. The lowest BCUT2D eigenvalue weighted by Gasteiger charge is -2.36. The lowest BCUT2D eigenvalue weighted by atomic mass is 9.96. The van der Waals surface area contributed by atoms with Crippen LogP contribution >= 0.6 is 0 Å². The molecule has 0 saturated carbocycles. The molecule has 0 bridgehead atoms. The van der Waals surface area contributed by atoms with E-state index in [1.165, 1.54) is 0 Å². The molecular formula is C17H27N3O4. The maximum Gasteiger partial charge on any atom is 0.320 e. The summed E-state index contributed by atoms with van der Waals surface area (Å²) in [7, 11) is 0. The molecule has 134 valence electrons. The maximum absolute atomic E-state index is 12.8. The molecule has 24 heavy (non-hydrogen) atoms. The average Bonchev–Trinajstić information content (AvgIpc) is 3.23. The summed E-state index contributed by atoms with van der Waals surface area (Å²) < 4.78 is 0. The average molecular weight is 337 g/mol. The van der Waals surface area contributed by atoms with Gasteiger partial charge in [0.1, 0.15) is 0 Å². The Kier molecular flexibility index (Phi) is 4.96. The lowest BCUT2D eigenvalue weighted by Crippen LogP contribution is -2.50. The summed E-state index contributed by atoms with van der Waals surface area (Å²) in [5, 5.41) is 9.23. The summed E-state index contributed by atoms with van der Waals surface area (Å²) in [5.74, 6) is -1.49. The topological polar surface area (TPSA) is 81.2 Å². The van der Waals surface area contributed by atoms with Crippen LogP contribution in [-0.2, 0) is 9.59 Å². The van der Waals surface area contributed by atoms with Crippen molar-refractivity contribution in [1.82, 2.24) is 14.7 Å². The molecule has 7 nitrogen and oxygen atoms in total. The molecule has 0 aromatic carbocycles. The van der Waals surface area contributed by atoms with Gasteiger partial charge in [-0.05, 0) is 31.6 Å². The van der Waals surface area contributed by atoms with Crippen LogP contribution in [-0.4, -0.2) is 77.0 Å². The molecule has 7 heteroatoms. The maximum atomic E-state index is 12.8. The van der Waals surface area contributed by atoms with Gasteiger partial charge in [0.05, 0.1) is 11.8 Å². The Labute approximate surface area is 142 Å². The Bertz CT molecular complexity index is 518. The minimum absolute atomic E-state index is 0.0163.